The van der Waals surface area contributed by atoms with Crippen molar-refractivity contribution in [1.29, 1.82) is 0 Å². The van der Waals surface area contributed by atoms with E-state index in [1.54, 1.807) is 7.11 Å². The number of methoxy groups -OCH3 is 1. The second-order valence-electron chi connectivity index (χ2n) is 8.59. The molecule has 0 radical (unpaired) electrons. The van der Waals surface area contributed by atoms with Gasteiger partial charge >= 0.3 is 0 Å². The molecule has 0 bridgehead atoms. The highest BCUT2D eigenvalue weighted by molar-refractivity contribution is 6.30. The molecule has 1 aliphatic heterocycles. The number of nitrogens with zero attached hydrogens (tertiary/aromatic N) is 2. The van der Waals surface area contributed by atoms with Crippen molar-refractivity contribution in [3.63, 3.8) is 0 Å². The van der Waals surface area contributed by atoms with Crippen molar-refractivity contribution in [2.24, 2.45) is 5.92 Å². The zero-order valence-corrected chi connectivity index (χ0v) is 20.0. The molecular weight excluding hydrogens is 424 g/mol. The van der Waals surface area contributed by atoms with Crippen molar-refractivity contribution < 1.29 is 14.3 Å². The van der Waals surface area contributed by atoms with Crippen molar-refractivity contribution >= 4 is 17.5 Å². The van der Waals surface area contributed by atoms with Crippen molar-refractivity contribution in [3.8, 4) is 11.5 Å². The summed E-state index contributed by atoms with van der Waals surface area (Å²) >= 11 is 6.03. The Kier molecular flexibility index (Phi) is 9.69. The predicted molar refractivity (Wildman–Crippen MR) is 129 cm³/mol. The van der Waals surface area contributed by atoms with E-state index < -0.39 is 0 Å². The third kappa shape index (κ3) is 8.03. The highest BCUT2D eigenvalue weighted by Gasteiger charge is 2.19. The lowest BCUT2D eigenvalue weighted by molar-refractivity contribution is -0.132. The molecule has 2 aromatic rings. The molecule has 0 N–H and O–H groups in total. The van der Waals surface area contributed by atoms with Crippen molar-refractivity contribution in [1.82, 2.24) is 9.80 Å². The molecule has 32 heavy (non-hydrogen) atoms. The van der Waals surface area contributed by atoms with E-state index in [1.807, 2.05) is 53.4 Å². The first-order valence-electron chi connectivity index (χ1n) is 11.5. The van der Waals surface area contributed by atoms with Gasteiger partial charge < -0.3 is 19.3 Å². The van der Waals surface area contributed by atoms with Crippen LogP contribution in [0.2, 0.25) is 5.02 Å². The van der Waals surface area contributed by atoms with Gasteiger partial charge in [0.05, 0.1) is 13.7 Å². The van der Waals surface area contributed by atoms with E-state index >= 15 is 0 Å². The number of amides is 1. The van der Waals surface area contributed by atoms with Gasteiger partial charge in [-0.1, -0.05) is 30.7 Å². The summed E-state index contributed by atoms with van der Waals surface area (Å²) in [5.74, 6) is 2.57. The van der Waals surface area contributed by atoms with Gasteiger partial charge in [-0.3, -0.25) is 4.79 Å². The van der Waals surface area contributed by atoms with E-state index in [0.717, 1.165) is 49.2 Å². The zero-order valence-electron chi connectivity index (χ0n) is 19.3. The Morgan fingerprint density at radius 2 is 1.72 bits per heavy atom. The van der Waals surface area contributed by atoms with Crippen LogP contribution in [-0.4, -0.2) is 55.6 Å². The van der Waals surface area contributed by atoms with Gasteiger partial charge in [0, 0.05) is 31.1 Å². The number of halogens is 1. The third-order valence-corrected chi connectivity index (χ3v) is 6.32. The normalized spacial score (nSPS) is 14.8. The molecule has 2 aromatic carbocycles. The van der Waals surface area contributed by atoms with Crippen LogP contribution in [0, 0.1) is 5.92 Å². The van der Waals surface area contributed by atoms with Gasteiger partial charge in [0.15, 0.2) is 0 Å². The average molecular weight is 459 g/mol. The molecule has 0 unspecified atom stereocenters. The Bertz CT molecular complexity index is 818. The second-order valence-corrected chi connectivity index (χ2v) is 9.03. The summed E-state index contributed by atoms with van der Waals surface area (Å²) in [5.41, 5.74) is 1.10. The topological polar surface area (TPSA) is 42.0 Å². The van der Waals surface area contributed by atoms with Crippen LogP contribution in [0.4, 0.5) is 0 Å². The standard InChI is InChI=1S/C26H35ClN2O3/c1-21-13-15-28(16-14-21)17-18-29(20-22-5-7-23(27)8-6-22)26(30)4-3-19-32-25-11-9-24(31-2)10-12-25/h5-12,21H,3-4,13-20H2,1-2H3. The van der Waals surface area contributed by atoms with Crippen molar-refractivity contribution in [2.45, 2.75) is 39.2 Å². The Labute approximate surface area is 197 Å². The van der Waals surface area contributed by atoms with Gasteiger partial charge in [0.1, 0.15) is 11.5 Å². The minimum Gasteiger partial charge on any atom is -0.497 e. The monoisotopic (exact) mass is 458 g/mol. The third-order valence-electron chi connectivity index (χ3n) is 6.06. The van der Waals surface area contributed by atoms with E-state index in [2.05, 4.69) is 11.8 Å². The molecule has 1 aliphatic rings. The number of hydrogen-bond acceptors (Lipinski definition) is 4. The number of hydrogen-bond donors (Lipinski definition) is 0. The molecule has 1 amide bonds. The molecule has 5 nitrogen and oxygen atoms in total. The van der Waals surface area contributed by atoms with Crippen LogP contribution in [0.25, 0.3) is 0 Å². The Balaban J connectivity index is 1.49. The van der Waals surface area contributed by atoms with E-state index in [-0.39, 0.29) is 5.91 Å². The molecule has 0 spiro atoms. The Hall–Kier alpha value is -2.24. The Morgan fingerprint density at radius 1 is 1.06 bits per heavy atom. The molecule has 174 valence electrons. The fraction of sp³-hybridized carbons (Fsp3) is 0.500. The maximum atomic E-state index is 13.0. The van der Waals surface area contributed by atoms with Gasteiger partial charge in [-0.25, -0.2) is 0 Å². The van der Waals surface area contributed by atoms with Gasteiger partial charge in [0.2, 0.25) is 5.91 Å². The van der Waals surface area contributed by atoms with Gasteiger partial charge in [-0.2, -0.15) is 0 Å². The second kappa shape index (κ2) is 12.7. The summed E-state index contributed by atoms with van der Waals surface area (Å²) in [6.07, 6.45) is 3.64. The van der Waals surface area contributed by atoms with Crippen LogP contribution >= 0.6 is 11.6 Å². The molecule has 0 saturated carbocycles. The smallest absolute Gasteiger partial charge is 0.223 e. The first-order valence-corrected chi connectivity index (χ1v) is 11.9. The van der Waals surface area contributed by atoms with Gasteiger partial charge in [-0.05, 0) is 80.2 Å². The molecule has 0 atom stereocenters. The van der Waals surface area contributed by atoms with Crippen LogP contribution in [0.3, 0.4) is 0 Å². The number of carbonyl (C=O) groups excluding carboxylic acids is 1. The number of rotatable bonds is 11. The molecule has 0 aliphatic carbocycles. The highest BCUT2D eigenvalue weighted by atomic mass is 35.5. The average Bonchev–Trinajstić information content (AvgIpc) is 2.82. The number of benzene rings is 2. The summed E-state index contributed by atoms with van der Waals surface area (Å²) in [4.78, 5) is 17.5. The summed E-state index contributed by atoms with van der Waals surface area (Å²) in [7, 11) is 1.64. The molecule has 0 aromatic heterocycles. The van der Waals surface area contributed by atoms with Gasteiger partial charge in [-0.15, -0.1) is 0 Å². The minimum absolute atomic E-state index is 0.170. The molecule has 1 saturated heterocycles. The van der Waals surface area contributed by atoms with Gasteiger partial charge in [0.25, 0.3) is 0 Å². The van der Waals surface area contributed by atoms with Crippen LogP contribution in [-0.2, 0) is 11.3 Å². The molecule has 6 heteroatoms. The summed E-state index contributed by atoms with van der Waals surface area (Å²) < 4.78 is 10.9. The lowest BCUT2D eigenvalue weighted by Gasteiger charge is -2.32. The lowest BCUT2D eigenvalue weighted by atomic mass is 9.99. The number of carbonyl (C=O) groups is 1. The lowest BCUT2D eigenvalue weighted by Crippen LogP contribution is -2.41. The first-order chi connectivity index (χ1) is 15.5. The minimum atomic E-state index is 0.170. The number of piperidine rings is 1. The molecule has 1 fully saturated rings. The predicted octanol–water partition coefficient (Wildman–Crippen LogP) is 5.27. The first kappa shape index (κ1) is 24.4. The number of ether oxygens (including phenoxy) is 2. The maximum absolute atomic E-state index is 13.0. The Morgan fingerprint density at radius 3 is 2.38 bits per heavy atom. The van der Waals surface area contributed by atoms with E-state index in [1.165, 1.54) is 12.8 Å². The van der Waals surface area contributed by atoms with E-state index in [9.17, 15) is 4.79 Å². The van der Waals surface area contributed by atoms with Crippen LogP contribution in [0.5, 0.6) is 11.5 Å². The quantitative estimate of drug-likeness (QED) is 0.430. The SMILES string of the molecule is COc1ccc(OCCCC(=O)N(CCN2CCC(C)CC2)Cc2ccc(Cl)cc2)cc1. The molecule has 1 heterocycles. The maximum Gasteiger partial charge on any atom is 0.223 e. The van der Waals surface area contributed by atoms with Crippen LogP contribution in [0.15, 0.2) is 48.5 Å². The fourth-order valence-electron chi connectivity index (χ4n) is 3.89. The summed E-state index contributed by atoms with van der Waals surface area (Å²) in [6.45, 7) is 7.36. The van der Waals surface area contributed by atoms with E-state index in [4.69, 9.17) is 21.1 Å². The van der Waals surface area contributed by atoms with Crippen LogP contribution < -0.4 is 9.47 Å². The molecule has 3 rings (SSSR count). The highest BCUT2D eigenvalue weighted by Crippen LogP contribution is 2.18. The van der Waals surface area contributed by atoms with E-state index in [0.29, 0.717) is 31.0 Å². The molecular formula is C26H35ClN2O3. The fourth-order valence-corrected chi connectivity index (χ4v) is 4.02. The summed E-state index contributed by atoms with van der Waals surface area (Å²) in [6, 6.07) is 15.3. The van der Waals surface area contributed by atoms with Crippen molar-refractivity contribution in [3.05, 3.63) is 59.1 Å². The number of likely N-dealkylation sites (tertiary alicyclic amines) is 1. The van der Waals surface area contributed by atoms with Crippen LogP contribution in [0.1, 0.15) is 38.2 Å². The largest absolute Gasteiger partial charge is 0.497 e. The summed E-state index contributed by atoms with van der Waals surface area (Å²) in [5, 5.41) is 0.713. The van der Waals surface area contributed by atoms with Crippen molar-refractivity contribution in [2.75, 3.05) is 39.9 Å². The zero-order chi connectivity index (χ0) is 22.8.